The molecule has 0 N–H and O–H groups in total. The van der Waals surface area contributed by atoms with Crippen molar-refractivity contribution in [3.8, 4) is 5.69 Å². The van der Waals surface area contributed by atoms with Crippen LogP contribution in [0.2, 0.25) is 0 Å². The number of fused-ring (bicyclic) bond motifs is 3. The van der Waals surface area contributed by atoms with Crippen LogP contribution >= 0.6 is 27.3 Å². The highest BCUT2D eigenvalue weighted by Crippen LogP contribution is 2.27. The monoisotopic (exact) mass is 449 g/mol. The average molecular weight is 450 g/mol. The van der Waals surface area contributed by atoms with Gasteiger partial charge < -0.3 is 4.57 Å². The fourth-order valence-corrected chi connectivity index (χ4v) is 5.13. The number of benzene rings is 2. The molecule has 0 bridgehead atoms. The van der Waals surface area contributed by atoms with Crippen molar-refractivity contribution < 1.29 is 0 Å². The van der Waals surface area contributed by atoms with Crippen LogP contribution in [0.25, 0.3) is 27.8 Å². The van der Waals surface area contributed by atoms with Crippen LogP contribution in [0.15, 0.2) is 63.9 Å². The summed E-state index contributed by atoms with van der Waals surface area (Å²) < 4.78 is 5.64. The lowest BCUT2D eigenvalue weighted by Crippen LogP contribution is -2.22. The van der Waals surface area contributed by atoms with E-state index in [0.717, 1.165) is 43.1 Å². The van der Waals surface area contributed by atoms with Gasteiger partial charge in [-0.15, -0.1) is 0 Å². The van der Waals surface area contributed by atoms with Gasteiger partial charge in [-0.3, -0.25) is 4.79 Å². The molecule has 3 aromatic heterocycles. The van der Waals surface area contributed by atoms with E-state index in [0.29, 0.717) is 4.53 Å². The van der Waals surface area contributed by atoms with E-state index in [-0.39, 0.29) is 5.56 Å². The largest absolute Gasteiger partial charge is 0.317 e. The van der Waals surface area contributed by atoms with E-state index < -0.39 is 0 Å². The van der Waals surface area contributed by atoms with Gasteiger partial charge in [0.1, 0.15) is 0 Å². The Bertz CT molecular complexity index is 1480. The Balaban J connectivity index is 1.72. The Morgan fingerprint density at radius 2 is 1.82 bits per heavy atom. The van der Waals surface area contributed by atoms with Crippen LogP contribution in [-0.4, -0.2) is 14.0 Å². The molecule has 4 nitrogen and oxygen atoms in total. The molecule has 0 unspecified atom stereocenters. The molecule has 0 saturated carbocycles. The molecule has 0 spiro atoms. The van der Waals surface area contributed by atoms with Gasteiger partial charge >= 0.3 is 0 Å². The number of hydrogen-bond donors (Lipinski definition) is 0. The molecule has 0 atom stereocenters. The number of aromatic nitrogens is 3. The second-order valence-corrected chi connectivity index (χ2v) is 8.61. The lowest BCUT2D eigenvalue weighted by molar-refractivity contribution is 0.959. The number of thiazole rings is 1. The standard InChI is InChI=1S/C22H16BrN3OS/c1-13-11-15(14(2)25(13)18-9-5-3-7-16(18)23)12-20-21(27)26-19-10-6-4-8-17(19)24-22(26)28-20/h3-12H,1-2H3/b20-12-. The molecule has 0 amide bonds. The minimum Gasteiger partial charge on any atom is -0.317 e. The van der Waals surface area contributed by atoms with E-state index in [1.54, 1.807) is 4.40 Å². The van der Waals surface area contributed by atoms with Crippen LogP contribution in [-0.2, 0) is 0 Å². The molecule has 0 aliphatic heterocycles. The van der Waals surface area contributed by atoms with Crippen molar-refractivity contribution in [3.63, 3.8) is 0 Å². The maximum Gasteiger partial charge on any atom is 0.274 e. The Labute approximate surface area is 173 Å². The van der Waals surface area contributed by atoms with Crippen LogP contribution in [0.1, 0.15) is 17.0 Å². The minimum absolute atomic E-state index is 0.0144. The van der Waals surface area contributed by atoms with Gasteiger partial charge in [-0.25, -0.2) is 9.38 Å². The summed E-state index contributed by atoms with van der Waals surface area (Å²) >= 11 is 5.07. The minimum atomic E-state index is -0.0144. The zero-order valence-corrected chi connectivity index (χ0v) is 17.7. The van der Waals surface area contributed by atoms with Crippen molar-refractivity contribution in [3.05, 3.63) is 90.9 Å². The molecule has 0 aliphatic carbocycles. The lowest BCUT2D eigenvalue weighted by Gasteiger charge is -2.11. The van der Waals surface area contributed by atoms with Crippen molar-refractivity contribution in [2.24, 2.45) is 0 Å². The highest BCUT2D eigenvalue weighted by atomic mass is 79.9. The van der Waals surface area contributed by atoms with Crippen LogP contribution in [0.3, 0.4) is 0 Å². The van der Waals surface area contributed by atoms with Gasteiger partial charge in [0.05, 0.1) is 21.3 Å². The smallest absolute Gasteiger partial charge is 0.274 e. The zero-order chi connectivity index (χ0) is 19.4. The van der Waals surface area contributed by atoms with Crippen LogP contribution in [0, 0.1) is 13.8 Å². The summed E-state index contributed by atoms with van der Waals surface area (Å²) in [6.07, 6.45) is 1.98. The molecule has 0 fully saturated rings. The SMILES string of the molecule is Cc1cc(/C=c2\sc3nc4ccccc4n3c2=O)c(C)n1-c1ccccc1Br. The third-order valence-electron chi connectivity index (χ3n) is 5.00. The maximum atomic E-state index is 13.0. The number of para-hydroxylation sites is 3. The third-order valence-corrected chi connectivity index (χ3v) is 6.63. The normalized spacial score (nSPS) is 12.5. The van der Waals surface area contributed by atoms with Crippen molar-refractivity contribution in [1.29, 1.82) is 0 Å². The Hall–Kier alpha value is -2.70. The summed E-state index contributed by atoms with van der Waals surface area (Å²) in [5.74, 6) is 0. The summed E-state index contributed by atoms with van der Waals surface area (Å²) in [5, 5.41) is 0. The molecule has 0 aliphatic rings. The molecule has 5 rings (SSSR count). The van der Waals surface area contributed by atoms with Gasteiger partial charge in [-0.1, -0.05) is 35.6 Å². The summed E-state index contributed by atoms with van der Waals surface area (Å²) in [7, 11) is 0. The molecule has 0 saturated heterocycles. The topological polar surface area (TPSA) is 39.3 Å². The van der Waals surface area contributed by atoms with Crippen molar-refractivity contribution in [1.82, 2.24) is 14.0 Å². The molecular weight excluding hydrogens is 434 g/mol. The van der Waals surface area contributed by atoms with E-state index in [4.69, 9.17) is 0 Å². The zero-order valence-electron chi connectivity index (χ0n) is 15.3. The van der Waals surface area contributed by atoms with E-state index in [1.165, 1.54) is 11.3 Å². The first-order valence-corrected chi connectivity index (χ1v) is 10.5. The first kappa shape index (κ1) is 17.4. The van der Waals surface area contributed by atoms with Crippen LogP contribution in [0.4, 0.5) is 0 Å². The van der Waals surface area contributed by atoms with E-state index in [1.807, 2.05) is 48.5 Å². The molecule has 0 radical (unpaired) electrons. The summed E-state index contributed by atoms with van der Waals surface area (Å²) in [5.41, 5.74) is 6.04. The molecule has 5 aromatic rings. The molecule has 28 heavy (non-hydrogen) atoms. The molecule has 138 valence electrons. The van der Waals surface area contributed by atoms with Crippen molar-refractivity contribution in [2.45, 2.75) is 13.8 Å². The van der Waals surface area contributed by atoms with E-state index in [9.17, 15) is 4.79 Å². The Morgan fingerprint density at radius 3 is 2.64 bits per heavy atom. The molecule has 2 aromatic carbocycles. The van der Waals surface area contributed by atoms with E-state index in [2.05, 4.69) is 51.5 Å². The summed E-state index contributed by atoms with van der Waals surface area (Å²) in [4.78, 5) is 18.3. The number of hydrogen-bond acceptors (Lipinski definition) is 3. The molecular formula is C22H16BrN3OS. The fraction of sp³-hybridized carbons (Fsp3) is 0.0909. The van der Waals surface area contributed by atoms with Gasteiger partial charge in [0, 0.05) is 15.9 Å². The highest BCUT2D eigenvalue weighted by molar-refractivity contribution is 9.10. The second-order valence-electron chi connectivity index (χ2n) is 6.75. The number of halogens is 1. The predicted octanol–water partition coefficient (Wildman–Crippen LogP) is 4.63. The number of imidazole rings is 1. The quantitative estimate of drug-likeness (QED) is 0.394. The van der Waals surface area contributed by atoms with Crippen molar-refractivity contribution in [2.75, 3.05) is 0 Å². The van der Waals surface area contributed by atoms with E-state index >= 15 is 0 Å². The van der Waals surface area contributed by atoms with Gasteiger partial charge in [-0.2, -0.15) is 0 Å². The Kier molecular flexibility index (Phi) is 4.00. The third kappa shape index (κ3) is 2.56. The first-order chi connectivity index (χ1) is 13.5. The maximum absolute atomic E-state index is 13.0. The van der Waals surface area contributed by atoms with Crippen molar-refractivity contribution >= 4 is 49.3 Å². The van der Waals surface area contributed by atoms with Gasteiger partial charge in [0.2, 0.25) is 0 Å². The van der Waals surface area contributed by atoms with Crippen LogP contribution in [0.5, 0.6) is 0 Å². The highest BCUT2D eigenvalue weighted by Gasteiger charge is 2.14. The van der Waals surface area contributed by atoms with Gasteiger partial charge in [-0.05, 0) is 71.7 Å². The summed E-state index contributed by atoms with van der Waals surface area (Å²) in [6, 6.07) is 18.0. The first-order valence-electron chi connectivity index (χ1n) is 8.90. The summed E-state index contributed by atoms with van der Waals surface area (Å²) in [6.45, 7) is 4.16. The van der Waals surface area contributed by atoms with Gasteiger partial charge in [0.15, 0.2) is 4.96 Å². The average Bonchev–Trinajstić information content (AvgIpc) is 3.28. The Morgan fingerprint density at radius 1 is 1.07 bits per heavy atom. The number of rotatable bonds is 2. The van der Waals surface area contributed by atoms with Crippen LogP contribution < -0.4 is 10.1 Å². The number of nitrogens with zero attached hydrogens (tertiary/aromatic N) is 3. The second kappa shape index (κ2) is 6.43. The fourth-order valence-electron chi connectivity index (χ4n) is 3.69. The molecule has 6 heteroatoms. The van der Waals surface area contributed by atoms with Gasteiger partial charge in [0.25, 0.3) is 5.56 Å². The number of aryl methyl sites for hydroxylation is 1. The lowest BCUT2D eigenvalue weighted by atomic mass is 10.2. The molecule has 3 heterocycles. The predicted molar refractivity (Wildman–Crippen MR) is 119 cm³/mol.